The van der Waals surface area contributed by atoms with Crippen LogP contribution in [0.1, 0.15) is 26.7 Å². The third-order valence-corrected chi connectivity index (χ3v) is 2.68. The van der Waals surface area contributed by atoms with E-state index in [-0.39, 0.29) is 24.4 Å². The number of unbranched alkanes of at least 4 members (excludes halogenated alkanes) is 1. The molecule has 1 amide bonds. The molecule has 1 heterocycles. The number of amides is 1. The molecule has 1 atom stereocenters. The smallest absolute Gasteiger partial charge is 0.253 e. The summed E-state index contributed by atoms with van der Waals surface area (Å²) in [5.74, 6) is 0.137. The van der Waals surface area contributed by atoms with E-state index in [0.29, 0.717) is 13.2 Å². The number of carbonyl (C=O) groups excluding carboxylic acids is 1. The van der Waals surface area contributed by atoms with Crippen molar-refractivity contribution in [3.8, 4) is 0 Å². The molecule has 1 aliphatic heterocycles. The number of rotatable bonds is 5. The van der Waals surface area contributed by atoms with Gasteiger partial charge in [0.1, 0.15) is 6.10 Å². The van der Waals surface area contributed by atoms with E-state index in [1.54, 1.807) is 0 Å². The van der Waals surface area contributed by atoms with E-state index in [1.165, 1.54) is 0 Å². The van der Waals surface area contributed by atoms with Crippen molar-refractivity contribution in [3.63, 3.8) is 0 Å². The monoisotopic (exact) mass is 250 g/mol. The summed E-state index contributed by atoms with van der Waals surface area (Å²) in [5.41, 5.74) is 0. The molecule has 16 heavy (non-hydrogen) atoms. The van der Waals surface area contributed by atoms with E-state index in [0.717, 1.165) is 32.5 Å². The molecule has 4 nitrogen and oxygen atoms in total. The van der Waals surface area contributed by atoms with Gasteiger partial charge in [-0.15, -0.1) is 12.4 Å². The van der Waals surface area contributed by atoms with Crippen molar-refractivity contribution in [1.29, 1.82) is 0 Å². The van der Waals surface area contributed by atoms with Gasteiger partial charge < -0.3 is 15.0 Å². The summed E-state index contributed by atoms with van der Waals surface area (Å²) in [4.78, 5) is 13.9. The molecule has 96 valence electrons. The molecule has 0 aromatic rings. The van der Waals surface area contributed by atoms with Gasteiger partial charge in [0, 0.05) is 26.2 Å². The van der Waals surface area contributed by atoms with Crippen LogP contribution in [0.25, 0.3) is 0 Å². The minimum atomic E-state index is -0.268. The Morgan fingerprint density at radius 3 is 2.75 bits per heavy atom. The van der Waals surface area contributed by atoms with Crippen LogP contribution in [0.2, 0.25) is 0 Å². The van der Waals surface area contributed by atoms with E-state index in [4.69, 9.17) is 4.74 Å². The van der Waals surface area contributed by atoms with Crippen LogP contribution in [0.15, 0.2) is 0 Å². The quantitative estimate of drug-likeness (QED) is 0.793. The lowest BCUT2D eigenvalue weighted by Gasteiger charge is -2.29. The first kappa shape index (κ1) is 15.7. The highest BCUT2D eigenvalue weighted by atomic mass is 35.5. The zero-order valence-corrected chi connectivity index (χ0v) is 11.0. The van der Waals surface area contributed by atoms with Gasteiger partial charge in [-0.2, -0.15) is 0 Å². The number of hydrogen-bond donors (Lipinski definition) is 1. The average Bonchev–Trinajstić information content (AvgIpc) is 2.31. The molecule has 0 saturated carbocycles. The van der Waals surface area contributed by atoms with Crippen LogP contribution in [0.4, 0.5) is 0 Å². The maximum absolute atomic E-state index is 12.0. The maximum Gasteiger partial charge on any atom is 0.253 e. The minimum Gasteiger partial charge on any atom is -0.366 e. The fraction of sp³-hybridized carbons (Fsp3) is 0.909. The van der Waals surface area contributed by atoms with Crippen LogP contribution in [-0.2, 0) is 9.53 Å². The molecule has 1 unspecified atom stereocenters. The molecule has 1 rings (SSSR count). The van der Waals surface area contributed by atoms with Crippen molar-refractivity contribution in [2.45, 2.75) is 32.8 Å². The number of likely N-dealkylation sites (N-methyl/N-ethyl adjacent to an activating group) is 1. The van der Waals surface area contributed by atoms with Crippen molar-refractivity contribution in [2.75, 3.05) is 32.8 Å². The number of halogens is 1. The molecular weight excluding hydrogens is 228 g/mol. The van der Waals surface area contributed by atoms with Crippen LogP contribution in [0.3, 0.4) is 0 Å². The highest BCUT2D eigenvalue weighted by Crippen LogP contribution is 2.04. The van der Waals surface area contributed by atoms with Crippen LogP contribution in [0.5, 0.6) is 0 Å². The first-order valence-electron chi connectivity index (χ1n) is 5.90. The molecule has 5 heteroatoms. The molecule has 0 aliphatic carbocycles. The van der Waals surface area contributed by atoms with E-state index in [2.05, 4.69) is 12.2 Å². The second-order valence-electron chi connectivity index (χ2n) is 3.84. The third-order valence-electron chi connectivity index (χ3n) is 2.68. The second kappa shape index (κ2) is 8.79. The first-order valence-corrected chi connectivity index (χ1v) is 5.90. The molecule has 0 radical (unpaired) electrons. The Balaban J connectivity index is 0.00000225. The number of nitrogens with zero attached hydrogens (tertiary/aromatic N) is 1. The van der Waals surface area contributed by atoms with Gasteiger partial charge in [-0.3, -0.25) is 4.79 Å². The number of hydrogen-bond acceptors (Lipinski definition) is 3. The lowest BCUT2D eigenvalue weighted by molar-refractivity contribution is -0.145. The van der Waals surface area contributed by atoms with Crippen LogP contribution < -0.4 is 5.32 Å². The number of ether oxygens (including phenoxy) is 1. The van der Waals surface area contributed by atoms with Crippen molar-refractivity contribution >= 4 is 18.3 Å². The fourth-order valence-corrected chi connectivity index (χ4v) is 1.70. The topological polar surface area (TPSA) is 41.6 Å². The SMILES string of the molecule is CCCCN(CC)C(=O)C1CNCCO1.Cl. The molecule has 0 bridgehead atoms. The molecular formula is C11H23ClN2O2. The summed E-state index contributed by atoms with van der Waals surface area (Å²) in [7, 11) is 0. The van der Waals surface area contributed by atoms with E-state index < -0.39 is 0 Å². The van der Waals surface area contributed by atoms with Crippen molar-refractivity contribution in [1.82, 2.24) is 10.2 Å². The minimum absolute atomic E-state index is 0. The standard InChI is InChI=1S/C11H22N2O2.ClH/c1-3-5-7-13(4-2)11(14)10-9-12-6-8-15-10;/h10,12H,3-9H2,1-2H3;1H. The van der Waals surface area contributed by atoms with Gasteiger partial charge in [-0.1, -0.05) is 13.3 Å². The molecule has 0 aromatic heterocycles. The van der Waals surface area contributed by atoms with E-state index in [1.807, 2.05) is 11.8 Å². The van der Waals surface area contributed by atoms with Gasteiger partial charge in [0.15, 0.2) is 0 Å². The molecule has 0 aromatic carbocycles. The summed E-state index contributed by atoms with van der Waals surface area (Å²) < 4.78 is 5.45. The summed E-state index contributed by atoms with van der Waals surface area (Å²) in [6.07, 6.45) is 1.92. The fourth-order valence-electron chi connectivity index (χ4n) is 1.70. The van der Waals surface area contributed by atoms with Crippen LogP contribution >= 0.6 is 12.4 Å². The lowest BCUT2D eigenvalue weighted by Crippen LogP contribution is -2.49. The Hall–Kier alpha value is -0.320. The van der Waals surface area contributed by atoms with Gasteiger partial charge in [0.2, 0.25) is 0 Å². The molecule has 1 fully saturated rings. The van der Waals surface area contributed by atoms with E-state index in [9.17, 15) is 4.79 Å². The highest BCUT2D eigenvalue weighted by Gasteiger charge is 2.25. The largest absolute Gasteiger partial charge is 0.366 e. The highest BCUT2D eigenvalue weighted by molar-refractivity contribution is 5.85. The zero-order chi connectivity index (χ0) is 11.1. The van der Waals surface area contributed by atoms with Crippen LogP contribution in [0, 0.1) is 0 Å². The number of nitrogens with one attached hydrogen (secondary N) is 1. The normalized spacial score (nSPS) is 20.0. The van der Waals surface area contributed by atoms with Gasteiger partial charge in [0.05, 0.1) is 6.61 Å². The summed E-state index contributed by atoms with van der Waals surface area (Å²) >= 11 is 0. The number of morpholine rings is 1. The molecule has 1 saturated heterocycles. The summed E-state index contributed by atoms with van der Waals surface area (Å²) in [6, 6.07) is 0. The predicted molar refractivity (Wildman–Crippen MR) is 67.0 cm³/mol. The molecule has 0 spiro atoms. The Kier molecular flexibility index (Phi) is 8.61. The Labute approximate surface area is 104 Å². The number of carbonyl (C=O) groups is 1. The molecule has 1 aliphatic rings. The average molecular weight is 251 g/mol. The lowest BCUT2D eigenvalue weighted by atomic mass is 10.2. The van der Waals surface area contributed by atoms with Gasteiger partial charge in [-0.05, 0) is 13.3 Å². The van der Waals surface area contributed by atoms with Crippen molar-refractivity contribution in [3.05, 3.63) is 0 Å². The Bertz CT molecular complexity index is 196. The van der Waals surface area contributed by atoms with Gasteiger partial charge >= 0.3 is 0 Å². The van der Waals surface area contributed by atoms with Gasteiger partial charge in [0.25, 0.3) is 5.91 Å². The summed E-state index contributed by atoms with van der Waals surface area (Å²) in [6.45, 7) is 7.93. The van der Waals surface area contributed by atoms with Crippen molar-refractivity contribution in [2.24, 2.45) is 0 Å². The third kappa shape index (κ3) is 4.68. The van der Waals surface area contributed by atoms with Crippen molar-refractivity contribution < 1.29 is 9.53 Å². The first-order chi connectivity index (χ1) is 7.29. The maximum atomic E-state index is 12.0. The summed E-state index contributed by atoms with van der Waals surface area (Å²) in [5, 5.41) is 3.18. The zero-order valence-electron chi connectivity index (χ0n) is 10.2. The van der Waals surface area contributed by atoms with Crippen LogP contribution in [-0.4, -0.2) is 49.7 Å². The van der Waals surface area contributed by atoms with Gasteiger partial charge in [-0.25, -0.2) is 0 Å². The predicted octanol–water partition coefficient (Wildman–Crippen LogP) is 1.05. The van der Waals surface area contributed by atoms with E-state index >= 15 is 0 Å². The Morgan fingerprint density at radius 2 is 2.25 bits per heavy atom. The second-order valence-corrected chi connectivity index (χ2v) is 3.84. The Morgan fingerprint density at radius 1 is 1.50 bits per heavy atom. The molecule has 1 N–H and O–H groups in total.